The summed E-state index contributed by atoms with van der Waals surface area (Å²) in [5, 5.41) is 0. The fraction of sp³-hybridized carbons (Fsp3) is 0.417. The molecule has 0 fully saturated rings. The molecule has 0 saturated heterocycles. The lowest BCUT2D eigenvalue weighted by atomic mass is 9.78. The lowest BCUT2D eigenvalue weighted by Crippen LogP contribution is -2.52. The van der Waals surface area contributed by atoms with Crippen LogP contribution in [0.5, 0.6) is 0 Å². The van der Waals surface area contributed by atoms with Gasteiger partial charge in [0.05, 0.1) is 7.11 Å². The molecule has 1 aromatic carbocycles. The molecule has 4 heteroatoms. The number of hydrogen-bond acceptors (Lipinski definition) is 3. The van der Waals surface area contributed by atoms with Crippen LogP contribution in [0.2, 0.25) is 0 Å². The van der Waals surface area contributed by atoms with Crippen LogP contribution in [-0.2, 0) is 22.4 Å². The summed E-state index contributed by atoms with van der Waals surface area (Å²) in [6.07, 6.45) is 2.00. The van der Waals surface area contributed by atoms with Gasteiger partial charge in [0, 0.05) is 10.9 Å². The highest BCUT2D eigenvalue weighted by atomic mass is 79.9. The number of carbonyl (C=O) groups excluding carboxylic acids is 1. The van der Waals surface area contributed by atoms with Crippen molar-refractivity contribution in [1.82, 2.24) is 0 Å². The van der Waals surface area contributed by atoms with Gasteiger partial charge in [-0.05, 0) is 30.0 Å². The number of benzene rings is 1. The van der Waals surface area contributed by atoms with Crippen LogP contribution < -0.4 is 5.73 Å². The third-order valence-electron chi connectivity index (χ3n) is 3.14. The number of nitrogens with two attached hydrogens (primary N) is 1. The number of carbonyl (C=O) groups is 1. The lowest BCUT2D eigenvalue weighted by molar-refractivity contribution is -0.147. The van der Waals surface area contributed by atoms with E-state index in [1.165, 1.54) is 12.7 Å². The summed E-state index contributed by atoms with van der Waals surface area (Å²) in [5.74, 6) is -0.325. The second-order valence-corrected chi connectivity index (χ2v) is 5.06. The number of aryl methyl sites for hydroxylation is 1. The molecule has 0 amide bonds. The lowest BCUT2D eigenvalue weighted by Gasteiger charge is -2.32. The molecule has 1 unspecified atom stereocenters. The van der Waals surface area contributed by atoms with E-state index in [1.807, 2.05) is 12.1 Å². The van der Waals surface area contributed by atoms with Gasteiger partial charge < -0.3 is 10.5 Å². The van der Waals surface area contributed by atoms with Gasteiger partial charge in [0.1, 0.15) is 5.54 Å². The Morgan fingerprint density at radius 3 is 3.00 bits per heavy atom. The first-order valence-electron chi connectivity index (χ1n) is 5.20. The SMILES string of the molecule is COC(=O)C1(N)CCc2cccc(Br)c2C1. The van der Waals surface area contributed by atoms with Gasteiger partial charge in [0.25, 0.3) is 0 Å². The van der Waals surface area contributed by atoms with Gasteiger partial charge in [-0.3, -0.25) is 4.79 Å². The van der Waals surface area contributed by atoms with E-state index >= 15 is 0 Å². The molecule has 16 heavy (non-hydrogen) atoms. The molecule has 0 spiro atoms. The zero-order valence-corrected chi connectivity index (χ0v) is 10.7. The first-order valence-corrected chi connectivity index (χ1v) is 6.00. The van der Waals surface area contributed by atoms with E-state index in [0.29, 0.717) is 12.8 Å². The van der Waals surface area contributed by atoms with Crippen LogP contribution in [0, 0.1) is 0 Å². The number of rotatable bonds is 1. The Balaban J connectivity index is 2.36. The van der Waals surface area contributed by atoms with Gasteiger partial charge in [-0.2, -0.15) is 0 Å². The molecule has 0 radical (unpaired) electrons. The van der Waals surface area contributed by atoms with E-state index in [0.717, 1.165) is 16.5 Å². The van der Waals surface area contributed by atoms with Crippen LogP contribution in [-0.4, -0.2) is 18.6 Å². The quantitative estimate of drug-likeness (QED) is 0.800. The van der Waals surface area contributed by atoms with Crippen molar-refractivity contribution in [3.05, 3.63) is 33.8 Å². The van der Waals surface area contributed by atoms with E-state index in [9.17, 15) is 4.79 Å². The number of hydrogen-bond donors (Lipinski definition) is 1. The van der Waals surface area contributed by atoms with Crippen molar-refractivity contribution < 1.29 is 9.53 Å². The van der Waals surface area contributed by atoms with Crippen LogP contribution in [0.4, 0.5) is 0 Å². The molecular weight excluding hydrogens is 270 g/mol. The minimum absolute atomic E-state index is 0.325. The topological polar surface area (TPSA) is 52.3 Å². The molecule has 0 heterocycles. The Labute approximate surface area is 103 Å². The maximum atomic E-state index is 11.6. The molecule has 0 bridgehead atoms. The number of ether oxygens (including phenoxy) is 1. The molecule has 1 aliphatic rings. The molecule has 2 rings (SSSR count). The van der Waals surface area contributed by atoms with Crippen LogP contribution in [0.1, 0.15) is 17.5 Å². The van der Waals surface area contributed by atoms with E-state index in [1.54, 1.807) is 0 Å². The maximum Gasteiger partial charge on any atom is 0.326 e. The highest BCUT2D eigenvalue weighted by Crippen LogP contribution is 2.32. The molecule has 86 valence electrons. The molecule has 3 nitrogen and oxygen atoms in total. The Bertz CT molecular complexity index is 433. The molecule has 1 atom stereocenters. The number of esters is 1. The summed E-state index contributed by atoms with van der Waals surface area (Å²) < 4.78 is 5.79. The van der Waals surface area contributed by atoms with E-state index in [4.69, 9.17) is 10.5 Å². The highest BCUT2D eigenvalue weighted by Gasteiger charge is 2.39. The van der Waals surface area contributed by atoms with Crippen LogP contribution in [0.15, 0.2) is 22.7 Å². The zero-order valence-electron chi connectivity index (χ0n) is 9.13. The maximum absolute atomic E-state index is 11.6. The molecule has 2 N–H and O–H groups in total. The minimum Gasteiger partial charge on any atom is -0.468 e. The van der Waals surface area contributed by atoms with Crippen molar-refractivity contribution in [3.63, 3.8) is 0 Å². The second-order valence-electron chi connectivity index (χ2n) is 4.20. The van der Waals surface area contributed by atoms with Crippen molar-refractivity contribution in [2.45, 2.75) is 24.8 Å². The average Bonchev–Trinajstić information content (AvgIpc) is 2.29. The smallest absolute Gasteiger partial charge is 0.326 e. The van der Waals surface area contributed by atoms with Crippen molar-refractivity contribution in [2.24, 2.45) is 5.73 Å². The number of methoxy groups -OCH3 is 1. The summed E-state index contributed by atoms with van der Waals surface area (Å²) >= 11 is 3.50. The van der Waals surface area contributed by atoms with Gasteiger partial charge >= 0.3 is 5.97 Å². The first-order chi connectivity index (χ1) is 7.57. The predicted molar refractivity (Wildman–Crippen MR) is 65.1 cm³/mol. The van der Waals surface area contributed by atoms with Crippen molar-refractivity contribution in [1.29, 1.82) is 0 Å². The molecule has 0 aromatic heterocycles. The molecule has 0 aliphatic heterocycles. The Morgan fingerprint density at radius 2 is 2.31 bits per heavy atom. The van der Waals surface area contributed by atoms with Crippen molar-refractivity contribution >= 4 is 21.9 Å². The highest BCUT2D eigenvalue weighted by molar-refractivity contribution is 9.10. The molecular formula is C12H14BrNO2. The largest absolute Gasteiger partial charge is 0.468 e. The summed E-state index contributed by atoms with van der Waals surface area (Å²) in [4.78, 5) is 11.6. The second kappa shape index (κ2) is 4.18. The average molecular weight is 284 g/mol. The Kier molecular flexibility index (Phi) is 3.04. The van der Waals surface area contributed by atoms with Gasteiger partial charge in [0.2, 0.25) is 0 Å². The van der Waals surface area contributed by atoms with Gasteiger partial charge in [-0.1, -0.05) is 28.1 Å². The van der Waals surface area contributed by atoms with Crippen LogP contribution in [0.25, 0.3) is 0 Å². The molecule has 0 saturated carbocycles. The standard InChI is InChI=1S/C12H14BrNO2/c1-16-11(15)12(14)6-5-8-3-2-4-10(13)9(8)7-12/h2-4H,5-7,14H2,1H3. The number of halogens is 1. The summed E-state index contributed by atoms with van der Waals surface area (Å²) in [5.41, 5.74) is 7.62. The summed E-state index contributed by atoms with van der Waals surface area (Å²) in [6.45, 7) is 0. The Morgan fingerprint density at radius 1 is 1.56 bits per heavy atom. The van der Waals surface area contributed by atoms with E-state index in [-0.39, 0.29) is 5.97 Å². The minimum atomic E-state index is -0.869. The van der Waals surface area contributed by atoms with Crippen molar-refractivity contribution in [3.8, 4) is 0 Å². The molecule has 1 aliphatic carbocycles. The van der Waals surface area contributed by atoms with Crippen LogP contribution >= 0.6 is 15.9 Å². The first kappa shape index (κ1) is 11.6. The van der Waals surface area contributed by atoms with Crippen LogP contribution in [0.3, 0.4) is 0 Å². The third kappa shape index (κ3) is 1.87. The fourth-order valence-corrected chi connectivity index (χ4v) is 2.72. The predicted octanol–water partition coefficient (Wildman–Crippen LogP) is 1.81. The van der Waals surface area contributed by atoms with Gasteiger partial charge in [-0.25, -0.2) is 0 Å². The molecule has 1 aromatic rings. The fourth-order valence-electron chi connectivity index (χ4n) is 2.17. The summed E-state index contributed by atoms with van der Waals surface area (Å²) in [6, 6.07) is 6.06. The van der Waals surface area contributed by atoms with Gasteiger partial charge in [-0.15, -0.1) is 0 Å². The third-order valence-corrected chi connectivity index (χ3v) is 3.88. The normalized spacial score (nSPS) is 23.7. The van der Waals surface area contributed by atoms with Crippen molar-refractivity contribution in [2.75, 3.05) is 7.11 Å². The zero-order chi connectivity index (χ0) is 11.8. The Hall–Kier alpha value is -0.870. The van der Waals surface area contributed by atoms with E-state index in [2.05, 4.69) is 22.0 Å². The van der Waals surface area contributed by atoms with E-state index < -0.39 is 5.54 Å². The van der Waals surface area contributed by atoms with Gasteiger partial charge in [0.15, 0.2) is 0 Å². The number of fused-ring (bicyclic) bond motifs is 1. The summed E-state index contributed by atoms with van der Waals surface area (Å²) in [7, 11) is 1.38. The monoisotopic (exact) mass is 283 g/mol.